The van der Waals surface area contributed by atoms with Crippen LogP contribution in [0.2, 0.25) is 0 Å². The van der Waals surface area contributed by atoms with Gasteiger partial charge in [-0.3, -0.25) is 37.3 Å². The summed E-state index contributed by atoms with van der Waals surface area (Å²) in [6, 6.07) is 0. The first kappa shape index (κ1) is 79.1. The van der Waals surface area contributed by atoms with Crippen LogP contribution in [0.4, 0.5) is 0 Å². The van der Waals surface area contributed by atoms with Crippen LogP contribution in [-0.4, -0.2) is 96.7 Å². The van der Waals surface area contributed by atoms with E-state index in [0.29, 0.717) is 31.6 Å². The predicted octanol–water partition coefficient (Wildman–Crippen LogP) is 16.6. The van der Waals surface area contributed by atoms with E-state index in [1.54, 1.807) is 0 Å². The van der Waals surface area contributed by atoms with Crippen LogP contribution in [0.15, 0.2) is 0 Å². The topological polar surface area (TPSA) is 237 Å². The predicted molar refractivity (Wildman–Crippen MR) is 321 cm³/mol. The second-order valence-corrected chi connectivity index (χ2v) is 26.6. The van der Waals surface area contributed by atoms with E-state index in [1.165, 1.54) is 89.9 Å². The van der Waals surface area contributed by atoms with Gasteiger partial charge in [-0.15, -0.1) is 0 Å². The molecule has 0 amide bonds. The highest BCUT2D eigenvalue weighted by molar-refractivity contribution is 7.47. The van der Waals surface area contributed by atoms with Crippen LogP contribution in [0.1, 0.15) is 293 Å². The van der Waals surface area contributed by atoms with Crippen LogP contribution in [0.5, 0.6) is 0 Å². The molecule has 0 bridgehead atoms. The van der Waals surface area contributed by atoms with Gasteiger partial charge in [-0.1, -0.05) is 242 Å². The van der Waals surface area contributed by atoms with Crippen molar-refractivity contribution < 1.29 is 80.2 Å². The second kappa shape index (κ2) is 52.4. The molecule has 0 aliphatic rings. The smallest absolute Gasteiger partial charge is 0.462 e. The molecule has 0 aromatic heterocycles. The van der Waals surface area contributed by atoms with Crippen molar-refractivity contribution in [1.82, 2.24) is 0 Å². The lowest BCUT2D eigenvalue weighted by molar-refractivity contribution is -0.161. The molecule has 81 heavy (non-hydrogen) atoms. The molecule has 3 N–H and O–H groups in total. The van der Waals surface area contributed by atoms with Crippen molar-refractivity contribution in [3.05, 3.63) is 0 Å². The first-order chi connectivity index (χ1) is 38.7. The first-order valence-electron chi connectivity index (χ1n) is 32.3. The Hall–Kier alpha value is -1.94. The van der Waals surface area contributed by atoms with E-state index < -0.39 is 97.5 Å². The zero-order valence-electron chi connectivity index (χ0n) is 52.4. The van der Waals surface area contributed by atoms with Gasteiger partial charge < -0.3 is 33.8 Å². The average Bonchev–Trinajstić information content (AvgIpc) is 3.43. The maximum atomic E-state index is 12.9. The number of carbonyl (C=O) groups excluding carboxylic acids is 4. The largest absolute Gasteiger partial charge is 0.472 e. The van der Waals surface area contributed by atoms with Crippen LogP contribution in [0.3, 0.4) is 0 Å². The van der Waals surface area contributed by atoms with Gasteiger partial charge in [-0.25, -0.2) is 9.13 Å². The Balaban J connectivity index is 5.26. The van der Waals surface area contributed by atoms with Crippen molar-refractivity contribution in [3.63, 3.8) is 0 Å². The monoisotopic (exact) mass is 1200 g/mol. The third-order valence-corrected chi connectivity index (χ3v) is 17.1. The summed E-state index contributed by atoms with van der Waals surface area (Å²) in [5, 5.41) is 10.5. The minimum atomic E-state index is -4.94. The molecule has 5 unspecified atom stereocenters. The van der Waals surface area contributed by atoms with Crippen LogP contribution in [0, 0.1) is 23.7 Å². The molecule has 0 aromatic rings. The van der Waals surface area contributed by atoms with Gasteiger partial charge in [0.15, 0.2) is 12.2 Å². The number of esters is 4. The molecule has 0 aliphatic carbocycles. The van der Waals surface area contributed by atoms with Gasteiger partial charge in [-0.2, -0.15) is 0 Å². The van der Waals surface area contributed by atoms with Crippen LogP contribution in [-0.2, 0) is 65.4 Å². The molecule has 0 rings (SSSR count). The summed E-state index contributed by atoms with van der Waals surface area (Å²) in [6.45, 7) is 13.9. The molecular weight excluding hydrogens is 1080 g/mol. The Morgan fingerprint density at radius 2 is 0.593 bits per heavy atom. The molecule has 0 radical (unpaired) electrons. The third kappa shape index (κ3) is 53.3. The van der Waals surface area contributed by atoms with Crippen LogP contribution in [0.25, 0.3) is 0 Å². The molecule has 0 aliphatic heterocycles. The van der Waals surface area contributed by atoms with Gasteiger partial charge in [0.2, 0.25) is 0 Å². The molecule has 8 atom stereocenters. The summed E-state index contributed by atoms with van der Waals surface area (Å²) >= 11 is 0. The molecule has 480 valence electrons. The maximum Gasteiger partial charge on any atom is 0.472 e. The fraction of sp³-hybridized carbons (Fsp3) is 0.935. The van der Waals surface area contributed by atoms with Crippen molar-refractivity contribution in [1.29, 1.82) is 0 Å². The second-order valence-electron chi connectivity index (χ2n) is 23.6. The van der Waals surface area contributed by atoms with Gasteiger partial charge in [0.05, 0.1) is 26.4 Å². The number of rotatable bonds is 59. The van der Waals surface area contributed by atoms with Gasteiger partial charge in [0.25, 0.3) is 0 Å². The number of carbonyl (C=O) groups is 4. The number of aliphatic hydroxyl groups is 1. The molecule has 0 fully saturated rings. The summed E-state index contributed by atoms with van der Waals surface area (Å²) in [6.07, 6.45) is 30.9. The first-order valence-corrected chi connectivity index (χ1v) is 35.3. The van der Waals surface area contributed by atoms with Gasteiger partial charge in [-0.05, 0) is 49.4 Å². The minimum absolute atomic E-state index is 0.101. The summed E-state index contributed by atoms with van der Waals surface area (Å²) in [7, 11) is -9.89. The summed E-state index contributed by atoms with van der Waals surface area (Å²) in [4.78, 5) is 72.1. The number of ether oxygens (including phenoxy) is 4. The Morgan fingerprint density at radius 1 is 0.346 bits per heavy atom. The molecular formula is C62H120O17P2. The van der Waals surface area contributed by atoms with E-state index in [-0.39, 0.29) is 25.7 Å². The van der Waals surface area contributed by atoms with E-state index in [4.69, 9.17) is 37.0 Å². The minimum Gasteiger partial charge on any atom is -0.462 e. The molecule has 0 spiro atoms. The van der Waals surface area contributed by atoms with E-state index in [2.05, 4.69) is 55.4 Å². The quantitative estimate of drug-likeness (QED) is 0.0222. The highest BCUT2D eigenvalue weighted by atomic mass is 31.2. The zero-order valence-corrected chi connectivity index (χ0v) is 54.2. The maximum absolute atomic E-state index is 12.9. The number of aliphatic hydroxyl groups excluding tert-OH is 1. The number of phosphoric acid groups is 2. The zero-order chi connectivity index (χ0) is 60.4. The fourth-order valence-electron chi connectivity index (χ4n) is 8.98. The Kier molecular flexibility index (Phi) is 51.1. The SMILES string of the molecule is CCC(C)CCCCCCCCCCC(=O)OC[C@H](COP(=O)(O)OC[C@@H](O)COP(=O)(O)OC[C@@H](COC(=O)CCCCCCCCC(C)C)OC(=O)CCCCCCCCC(C)CC)OC(=O)CCCCCCCCC(C)CC. The lowest BCUT2D eigenvalue weighted by atomic mass is 9.99. The van der Waals surface area contributed by atoms with E-state index in [1.807, 2.05) is 0 Å². The number of hydrogen-bond donors (Lipinski definition) is 3. The fourth-order valence-corrected chi connectivity index (χ4v) is 10.6. The van der Waals surface area contributed by atoms with Crippen molar-refractivity contribution in [3.8, 4) is 0 Å². The van der Waals surface area contributed by atoms with E-state index >= 15 is 0 Å². The molecule has 0 saturated heterocycles. The summed E-state index contributed by atoms with van der Waals surface area (Å²) < 4.78 is 67.9. The lowest BCUT2D eigenvalue weighted by Gasteiger charge is -2.21. The molecule has 0 heterocycles. The van der Waals surface area contributed by atoms with Crippen LogP contribution < -0.4 is 0 Å². The van der Waals surface area contributed by atoms with Gasteiger partial charge >= 0.3 is 39.5 Å². The highest BCUT2D eigenvalue weighted by Gasteiger charge is 2.30. The van der Waals surface area contributed by atoms with E-state index in [0.717, 1.165) is 114 Å². The number of phosphoric ester groups is 2. The average molecular weight is 1200 g/mol. The Bertz CT molecular complexity index is 1630. The van der Waals surface area contributed by atoms with Crippen molar-refractivity contribution in [2.45, 2.75) is 311 Å². The van der Waals surface area contributed by atoms with E-state index in [9.17, 15) is 43.2 Å². The van der Waals surface area contributed by atoms with Crippen LogP contribution >= 0.6 is 15.6 Å². The van der Waals surface area contributed by atoms with Crippen molar-refractivity contribution in [2.24, 2.45) is 23.7 Å². The number of unbranched alkanes of at least 4 members (excludes halogenated alkanes) is 22. The molecule has 19 heteroatoms. The highest BCUT2D eigenvalue weighted by Crippen LogP contribution is 2.45. The standard InChI is InChI=1S/C62H120O17P2/c1-9-53(6)39-31-23-14-12-13-15-26-34-42-59(64)72-48-57(78-61(66)44-36-28-20-17-24-32-40-54(7)10-2)50-76-80(68,69)74-46-56(63)47-75-81(70,71)77-51-58(49-73-60(65)43-35-27-19-16-22-30-38-52(4)5)79-62(67)45-37-29-21-18-25-33-41-55(8)11-3/h52-58,63H,9-51H2,1-8H3,(H,68,69)(H,70,71)/t53?,54?,55?,56-,57-,58-/m1/s1. The van der Waals surface area contributed by atoms with Crippen molar-refractivity contribution >= 4 is 39.5 Å². The molecule has 0 saturated carbocycles. The third-order valence-electron chi connectivity index (χ3n) is 15.2. The molecule has 0 aromatic carbocycles. The normalized spacial score (nSPS) is 15.5. The Morgan fingerprint density at radius 3 is 0.877 bits per heavy atom. The van der Waals surface area contributed by atoms with Gasteiger partial charge in [0.1, 0.15) is 19.3 Å². The van der Waals surface area contributed by atoms with Gasteiger partial charge in [0, 0.05) is 25.7 Å². The molecule has 17 nitrogen and oxygen atoms in total. The lowest BCUT2D eigenvalue weighted by Crippen LogP contribution is -2.30. The summed E-state index contributed by atoms with van der Waals surface area (Å²) in [5.74, 6) is 0.749. The Labute approximate surface area is 492 Å². The summed E-state index contributed by atoms with van der Waals surface area (Å²) in [5.41, 5.74) is 0. The number of hydrogen-bond acceptors (Lipinski definition) is 15. The van der Waals surface area contributed by atoms with Crippen molar-refractivity contribution in [2.75, 3.05) is 39.6 Å².